The van der Waals surface area contributed by atoms with Gasteiger partial charge in [0.05, 0.1) is 6.10 Å². The summed E-state index contributed by atoms with van der Waals surface area (Å²) in [5.41, 5.74) is -0.472. The van der Waals surface area contributed by atoms with E-state index in [1.807, 2.05) is 0 Å². The highest BCUT2D eigenvalue weighted by Crippen LogP contribution is 2.27. The lowest BCUT2D eigenvalue weighted by Gasteiger charge is -2.13. The Labute approximate surface area is 142 Å². The average molecular weight is 353 g/mol. The van der Waals surface area contributed by atoms with Crippen molar-refractivity contribution in [1.82, 2.24) is 9.78 Å². The molecule has 1 amide bonds. The molecule has 0 saturated heterocycles. The average Bonchev–Trinajstić information content (AvgIpc) is 3.20. The summed E-state index contributed by atoms with van der Waals surface area (Å²) in [4.78, 5) is 11.9. The van der Waals surface area contributed by atoms with Gasteiger partial charge in [0, 0.05) is 11.9 Å². The van der Waals surface area contributed by atoms with Gasteiger partial charge in [-0.15, -0.1) is 0 Å². The van der Waals surface area contributed by atoms with Gasteiger partial charge >= 0.3 is 6.18 Å². The lowest BCUT2D eigenvalue weighted by molar-refractivity contribution is -0.141. The molecule has 1 N–H and O–H groups in total. The zero-order chi connectivity index (χ0) is 17.9. The summed E-state index contributed by atoms with van der Waals surface area (Å²) >= 11 is 0. The zero-order valence-corrected chi connectivity index (χ0v) is 13.4. The van der Waals surface area contributed by atoms with E-state index in [0.717, 1.165) is 35.5 Å². The minimum absolute atomic E-state index is 0.253. The van der Waals surface area contributed by atoms with Gasteiger partial charge in [-0.3, -0.25) is 9.48 Å². The number of carbonyl (C=O) groups is 1. The van der Waals surface area contributed by atoms with Crippen molar-refractivity contribution < 1.29 is 22.7 Å². The third-order valence-electron chi connectivity index (χ3n) is 3.98. The molecule has 0 spiro atoms. The Balaban J connectivity index is 1.53. The Morgan fingerprint density at radius 1 is 1.20 bits per heavy atom. The van der Waals surface area contributed by atoms with Crippen molar-refractivity contribution >= 4 is 11.6 Å². The molecule has 2 aromatic rings. The van der Waals surface area contributed by atoms with Crippen LogP contribution in [0.25, 0.3) is 0 Å². The second-order valence-electron chi connectivity index (χ2n) is 5.99. The van der Waals surface area contributed by atoms with Crippen LogP contribution in [0.15, 0.2) is 36.5 Å². The molecular weight excluding hydrogens is 335 g/mol. The van der Waals surface area contributed by atoms with E-state index in [-0.39, 0.29) is 12.6 Å². The number of hydrogen-bond acceptors (Lipinski definition) is 3. The van der Waals surface area contributed by atoms with Crippen molar-refractivity contribution in [3.05, 3.63) is 42.2 Å². The molecule has 1 aromatic heterocycles. The predicted octanol–water partition coefficient (Wildman–Crippen LogP) is 3.86. The fourth-order valence-corrected chi connectivity index (χ4v) is 2.76. The molecule has 0 radical (unpaired) electrons. The first kappa shape index (κ1) is 17.3. The first-order valence-electron chi connectivity index (χ1n) is 8.07. The minimum atomic E-state index is -4.52. The van der Waals surface area contributed by atoms with E-state index < -0.39 is 17.8 Å². The molecule has 0 unspecified atom stereocenters. The summed E-state index contributed by atoms with van der Waals surface area (Å²) in [5, 5.41) is 5.97. The van der Waals surface area contributed by atoms with Crippen molar-refractivity contribution in [1.29, 1.82) is 0 Å². The SMILES string of the molecule is O=C(Cn1ccc(C(F)(F)F)n1)Nc1ccc(OC2CCCC2)cc1. The van der Waals surface area contributed by atoms with Crippen molar-refractivity contribution in [2.45, 2.75) is 44.5 Å². The highest BCUT2D eigenvalue weighted by molar-refractivity contribution is 5.90. The zero-order valence-electron chi connectivity index (χ0n) is 13.4. The summed E-state index contributed by atoms with van der Waals surface area (Å²) in [6.07, 6.45) is 1.34. The molecule has 1 aromatic carbocycles. The van der Waals surface area contributed by atoms with Crippen molar-refractivity contribution in [3.63, 3.8) is 0 Å². The molecule has 0 aliphatic heterocycles. The molecule has 1 aliphatic rings. The summed E-state index contributed by atoms with van der Waals surface area (Å²) in [6, 6.07) is 7.77. The van der Waals surface area contributed by atoms with Crippen LogP contribution < -0.4 is 10.1 Å². The number of amides is 1. The van der Waals surface area contributed by atoms with E-state index in [9.17, 15) is 18.0 Å². The normalized spacial score (nSPS) is 15.3. The van der Waals surface area contributed by atoms with Crippen LogP contribution in [0.4, 0.5) is 18.9 Å². The Morgan fingerprint density at radius 2 is 1.88 bits per heavy atom. The largest absolute Gasteiger partial charge is 0.490 e. The van der Waals surface area contributed by atoms with Gasteiger partial charge in [0.1, 0.15) is 12.3 Å². The predicted molar refractivity (Wildman–Crippen MR) is 85.2 cm³/mol. The van der Waals surface area contributed by atoms with Crippen LogP contribution in [0.5, 0.6) is 5.75 Å². The second kappa shape index (κ2) is 7.16. The Kier molecular flexibility index (Phi) is 4.96. The summed E-state index contributed by atoms with van der Waals surface area (Å²) < 4.78 is 44.2. The fourth-order valence-electron chi connectivity index (χ4n) is 2.76. The number of rotatable bonds is 5. The molecule has 3 rings (SSSR count). The van der Waals surface area contributed by atoms with Crippen LogP contribution >= 0.6 is 0 Å². The number of hydrogen-bond donors (Lipinski definition) is 1. The van der Waals surface area contributed by atoms with Crippen molar-refractivity contribution in [3.8, 4) is 5.75 Å². The number of benzene rings is 1. The number of aromatic nitrogens is 2. The Bertz CT molecular complexity index is 719. The number of nitrogens with zero attached hydrogens (tertiary/aromatic N) is 2. The molecule has 1 heterocycles. The number of carbonyl (C=O) groups excluding carboxylic acids is 1. The van der Waals surface area contributed by atoms with Gasteiger partial charge in [-0.2, -0.15) is 18.3 Å². The highest BCUT2D eigenvalue weighted by Gasteiger charge is 2.33. The van der Waals surface area contributed by atoms with E-state index in [1.165, 1.54) is 12.8 Å². The van der Waals surface area contributed by atoms with Gasteiger partial charge in [0.15, 0.2) is 5.69 Å². The van der Waals surface area contributed by atoms with Crippen LogP contribution in [0.3, 0.4) is 0 Å². The second-order valence-corrected chi connectivity index (χ2v) is 5.99. The smallest absolute Gasteiger partial charge is 0.435 e. The van der Waals surface area contributed by atoms with Gasteiger partial charge < -0.3 is 10.1 Å². The van der Waals surface area contributed by atoms with E-state index in [2.05, 4.69) is 10.4 Å². The molecule has 0 atom stereocenters. The van der Waals surface area contributed by atoms with Crippen LogP contribution in [-0.4, -0.2) is 21.8 Å². The van der Waals surface area contributed by atoms with Gasteiger partial charge in [-0.1, -0.05) is 0 Å². The number of anilines is 1. The quantitative estimate of drug-likeness (QED) is 0.888. The maximum absolute atomic E-state index is 12.5. The summed E-state index contributed by atoms with van der Waals surface area (Å²) in [6.45, 7) is -0.295. The number of nitrogens with one attached hydrogen (secondary N) is 1. The van der Waals surface area contributed by atoms with Crippen molar-refractivity contribution in [2.24, 2.45) is 0 Å². The lowest BCUT2D eigenvalue weighted by atomic mass is 10.2. The maximum Gasteiger partial charge on any atom is 0.435 e. The molecule has 5 nitrogen and oxygen atoms in total. The fraction of sp³-hybridized carbons (Fsp3) is 0.412. The van der Waals surface area contributed by atoms with Gasteiger partial charge in [-0.25, -0.2) is 0 Å². The number of ether oxygens (including phenoxy) is 1. The Morgan fingerprint density at radius 3 is 2.48 bits per heavy atom. The molecule has 1 saturated carbocycles. The van der Waals surface area contributed by atoms with Gasteiger partial charge in [0.25, 0.3) is 0 Å². The number of halogens is 3. The molecular formula is C17H18F3N3O2. The van der Waals surface area contributed by atoms with Gasteiger partial charge in [0.2, 0.25) is 5.91 Å². The summed E-state index contributed by atoms with van der Waals surface area (Å²) in [5.74, 6) is 0.285. The monoisotopic (exact) mass is 353 g/mol. The lowest BCUT2D eigenvalue weighted by Crippen LogP contribution is -2.19. The molecule has 25 heavy (non-hydrogen) atoms. The van der Waals surface area contributed by atoms with E-state index >= 15 is 0 Å². The van der Waals surface area contributed by atoms with Gasteiger partial charge in [-0.05, 0) is 56.0 Å². The third kappa shape index (κ3) is 4.74. The van der Waals surface area contributed by atoms with Crippen molar-refractivity contribution in [2.75, 3.05) is 5.32 Å². The van der Waals surface area contributed by atoms with E-state index in [0.29, 0.717) is 5.69 Å². The van der Waals surface area contributed by atoms with Crippen LogP contribution in [-0.2, 0) is 17.5 Å². The number of alkyl halides is 3. The third-order valence-corrected chi connectivity index (χ3v) is 3.98. The topological polar surface area (TPSA) is 56.2 Å². The molecule has 1 fully saturated rings. The highest BCUT2D eigenvalue weighted by atomic mass is 19.4. The molecule has 1 aliphatic carbocycles. The van der Waals surface area contributed by atoms with Crippen LogP contribution in [0.2, 0.25) is 0 Å². The minimum Gasteiger partial charge on any atom is -0.490 e. The summed E-state index contributed by atoms with van der Waals surface area (Å²) in [7, 11) is 0. The van der Waals surface area contributed by atoms with E-state index in [1.54, 1.807) is 24.3 Å². The first-order valence-corrected chi connectivity index (χ1v) is 8.07. The standard InChI is InChI=1S/C17H18F3N3O2/c18-17(19,20)15-9-10-23(22-15)11-16(24)21-12-5-7-14(8-6-12)25-13-3-1-2-4-13/h5-10,13H,1-4,11H2,(H,21,24). The van der Waals surface area contributed by atoms with Crippen LogP contribution in [0.1, 0.15) is 31.4 Å². The van der Waals surface area contributed by atoms with Crippen LogP contribution in [0, 0.1) is 0 Å². The molecule has 134 valence electrons. The first-order chi connectivity index (χ1) is 11.9. The van der Waals surface area contributed by atoms with E-state index in [4.69, 9.17) is 4.74 Å². The molecule has 8 heteroatoms. The Hall–Kier alpha value is -2.51. The molecule has 0 bridgehead atoms. The maximum atomic E-state index is 12.5.